The predicted octanol–water partition coefficient (Wildman–Crippen LogP) is 3.27. The number of halogens is 8. The Labute approximate surface area is 128 Å². The molecule has 0 bridgehead atoms. The Hall–Kier alpha value is -2.46. The first-order chi connectivity index (χ1) is 11.2. The lowest BCUT2D eigenvalue weighted by molar-refractivity contribution is 0.388. The summed E-state index contributed by atoms with van der Waals surface area (Å²) in [7, 11) is -2.39. The number of rotatable bonds is 1. The minimum absolute atomic E-state index is 0.746. The van der Waals surface area contributed by atoms with Crippen molar-refractivity contribution in [3.63, 3.8) is 0 Å². The van der Waals surface area contributed by atoms with Crippen LogP contribution in [0.1, 0.15) is 5.56 Å². The van der Waals surface area contributed by atoms with Crippen LogP contribution in [0.15, 0.2) is 0 Å². The summed E-state index contributed by atoms with van der Waals surface area (Å²) in [5.74, 6) is -18.7. The van der Waals surface area contributed by atoms with Crippen LogP contribution in [0.2, 0.25) is 0 Å². The number of hydrogen-bond donors (Lipinski definition) is 0. The van der Waals surface area contributed by atoms with E-state index in [1.165, 1.54) is 0 Å². The first-order valence-electron chi connectivity index (χ1n) is 6.18. The molecule has 24 heavy (non-hydrogen) atoms. The summed E-state index contributed by atoms with van der Waals surface area (Å²) < 4.78 is 117. The van der Waals surface area contributed by atoms with Gasteiger partial charge in [-0.3, -0.25) is 0 Å². The first kappa shape index (κ1) is 16.4. The molecule has 1 heterocycles. The maximum absolute atomic E-state index is 13.9. The highest BCUT2D eigenvalue weighted by Crippen LogP contribution is 2.41. The molecule has 0 radical (unpaired) electrons. The summed E-state index contributed by atoms with van der Waals surface area (Å²) in [6.45, 7) is 0.746. The van der Waals surface area contributed by atoms with Gasteiger partial charge in [-0.05, 0) is 6.92 Å². The van der Waals surface area contributed by atoms with Crippen molar-refractivity contribution in [2.45, 2.75) is 6.92 Å². The van der Waals surface area contributed by atoms with Crippen LogP contribution in [-0.2, 0) is 0 Å². The highest BCUT2D eigenvalue weighted by atomic mass is 19.2. The average molecular weight is 354 g/mol. The highest BCUT2D eigenvalue weighted by molar-refractivity contribution is 6.63. The molecule has 0 N–H and O–H groups in total. The molecule has 0 aliphatic carbocycles. The molecule has 0 fully saturated rings. The van der Waals surface area contributed by atoms with Gasteiger partial charge < -0.3 is 9.31 Å². The summed E-state index contributed by atoms with van der Waals surface area (Å²) >= 11 is 0. The smallest absolute Gasteiger partial charge is 0.517 e. The van der Waals surface area contributed by atoms with Gasteiger partial charge in [0.25, 0.3) is 0 Å². The zero-order chi connectivity index (χ0) is 17.9. The van der Waals surface area contributed by atoms with Crippen LogP contribution in [0.4, 0.5) is 35.1 Å². The first-order valence-corrected chi connectivity index (χ1v) is 6.18. The quantitative estimate of drug-likeness (QED) is 0.339. The third kappa shape index (κ3) is 2.03. The van der Waals surface area contributed by atoms with E-state index in [1.54, 1.807) is 0 Å². The molecule has 0 atom stereocenters. The van der Waals surface area contributed by atoms with Crippen LogP contribution in [-0.4, -0.2) is 7.12 Å². The minimum Gasteiger partial charge on any atom is -0.517 e. The standard InChI is InChI=1S/C13H3BF8O2/c1-2-4(15)6(17)3(7(18)5(2)16)14-23-12-10(21)8(19)9(20)11(22)13(12)24-14/h1H3. The number of hydrogen-bond acceptors (Lipinski definition) is 2. The van der Waals surface area contributed by atoms with E-state index in [0.29, 0.717) is 0 Å². The summed E-state index contributed by atoms with van der Waals surface area (Å²) in [6, 6.07) is 0. The fourth-order valence-electron chi connectivity index (χ4n) is 2.12. The summed E-state index contributed by atoms with van der Waals surface area (Å²) in [5.41, 5.74) is -2.47. The Morgan fingerprint density at radius 1 is 0.542 bits per heavy atom. The van der Waals surface area contributed by atoms with Gasteiger partial charge in [0.05, 0.1) is 5.46 Å². The molecule has 0 amide bonds. The molecule has 1 aliphatic heterocycles. The maximum atomic E-state index is 13.9. The Kier molecular flexibility index (Phi) is 3.61. The molecule has 3 rings (SSSR count). The predicted molar refractivity (Wildman–Crippen MR) is 63.9 cm³/mol. The van der Waals surface area contributed by atoms with Crippen LogP contribution >= 0.6 is 0 Å². The van der Waals surface area contributed by atoms with Crippen LogP contribution < -0.4 is 14.8 Å². The molecule has 11 heteroatoms. The van der Waals surface area contributed by atoms with Crippen molar-refractivity contribution in [2.75, 3.05) is 0 Å². The molecule has 0 unspecified atom stereocenters. The van der Waals surface area contributed by atoms with E-state index in [2.05, 4.69) is 9.31 Å². The zero-order valence-electron chi connectivity index (χ0n) is 11.4. The van der Waals surface area contributed by atoms with Gasteiger partial charge in [-0.1, -0.05) is 0 Å². The summed E-state index contributed by atoms with van der Waals surface area (Å²) in [6.07, 6.45) is 0. The van der Waals surface area contributed by atoms with Gasteiger partial charge in [-0.15, -0.1) is 0 Å². The van der Waals surface area contributed by atoms with Gasteiger partial charge in [0.2, 0.25) is 23.3 Å². The molecule has 2 aromatic rings. The van der Waals surface area contributed by atoms with E-state index in [1.807, 2.05) is 0 Å². The van der Waals surface area contributed by atoms with Gasteiger partial charge in [0, 0.05) is 5.56 Å². The summed E-state index contributed by atoms with van der Waals surface area (Å²) in [4.78, 5) is 0. The lowest BCUT2D eigenvalue weighted by Crippen LogP contribution is -2.45. The van der Waals surface area contributed by atoms with Gasteiger partial charge in [-0.2, -0.15) is 8.78 Å². The fourth-order valence-corrected chi connectivity index (χ4v) is 2.12. The SMILES string of the molecule is Cc1c(F)c(F)c(B2Oc3c(F)c(F)c(F)c(F)c3O2)c(F)c1F. The number of fused-ring (bicyclic) bond motifs is 1. The van der Waals surface area contributed by atoms with Crippen molar-refractivity contribution >= 4 is 12.6 Å². The third-order valence-corrected chi connectivity index (χ3v) is 3.39. The monoisotopic (exact) mass is 354 g/mol. The molecule has 2 aromatic carbocycles. The normalized spacial score (nSPS) is 13.0. The van der Waals surface area contributed by atoms with E-state index in [4.69, 9.17) is 0 Å². The van der Waals surface area contributed by atoms with Crippen molar-refractivity contribution in [3.8, 4) is 11.5 Å². The minimum atomic E-state index is -2.39. The Balaban J connectivity index is 2.16. The van der Waals surface area contributed by atoms with E-state index in [-0.39, 0.29) is 0 Å². The van der Waals surface area contributed by atoms with E-state index in [0.717, 1.165) is 6.92 Å². The molecule has 1 aliphatic rings. The Morgan fingerprint density at radius 3 is 1.29 bits per heavy atom. The fraction of sp³-hybridized carbons (Fsp3) is 0.0769. The third-order valence-electron chi connectivity index (χ3n) is 3.39. The van der Waals surface area contributed by atoms with Crippen LogP contribution in [0.3, 0.4) is 0 Å². The van der Waals surface area contributed by atoms with Gasteiger partial charge in [-0.25, -0.2) is 26.3 Å². The second-order valence-corrected chi connectivity index (χ2v) is 4.78. The van der Waals surface area contributed by atoms with E-state index >= 15 is 0 Å². The molecule has 0 saturated carbocycles. The zero-order valence-corrected chi connectivity index (χ0v) is 11.4. The maximum Gasteiger partial charge on any atom is 0.639 e. The topological polar surface area (TPSA) is 18.5 Å². The second kappa shape index (κ2) is 5.28. The van der Waals surface area contributed by atoms with Crippen LogP contribution in [0, 0.1) is 53.5 Å². The summed E-state index contributed by atoms with van der Waals surface area (Å²) in [5, 5.41) is 0. The van der Waals surface area contributed by atoms with Gasteiger partial charge in [0.15, 0.2) is 34.8 Å². The van der Waals surface area contributed by atoms with Crippen LogP contribution in [0.5, 0.6) is 11.5 Å². The van der Waals surface area contributed by atoms with Crippen LogP contribution in [0.25, 0.3) is 0 Å². The van der Waals surface area contributed by atoms with Crippen molar-refractivity contribution in [3.05, 3.63) is 52.1 Å². The van der Waals surface area contributed by atoms with Gasteiger partial charge in [0.1, 0.15) is 0 Å². The Morgan fingerprint density at radius 2 is 0.917 bits per heavy atom. The lowest BCUT2D eigenvalue weighted by Gasteiger charge is -2.11. The number of benzene rings is 2. The van der Waals surface area contributed by atoms with Crippen molar-refractivity contribution in [2.24, 2.45) is 0 Å². The van der Waals surface area contributed by atoms with Gasteiger partial charge >= 0.3 is 7.12 Å². The molecular weight excluding hydrogens is 351 g/mol. The Bertz CT molecular complexity index is 819. The molecule has 0 aromatic heterocycles. The van der Waals surface area contributed by atoms with Crippen molar-refractivity contribution in [1.29, 1.82) is 0 Å². The lowest BCUT2D eigenvalue weighted by atomic mass is 9.77. The van der Waals surface area contributed by atoms with E-state index < -0.39 is 76.2 Å². The van der Waals surface area contributed by atoms with E-state index in [9.17, 15) is 35.1 Å². The largest absolute Gasteiger partial charge is 0.639 e. The average Bonchev–Trinajstić information content (AvgIpc) is 2.99. The molecular formula is C13H3BF8O2. The van der Waals surface area contributed by atoms with Crippen molar-refractivity contribution in [1.82, 2.24) is 0 Å². The molecule has 2 nitrogen and oxygen atoms in total. The second-order valence-electron chi connectivity index (χ2n) is 4.78. The highest BCUT2D eigenvalue weighted by Gasteiger charge is 2.46. The van der Waals surface area contributed by atoms with Crippen molar-refractivity contribution < 1.29 is 44.4 Å². The molecule has 0 saturated heterocycles. The molecule has 126 valence electrons. The molecule has 0 spiro atoms.